The SMILES string of the molecule is NC(N)=[NH+]CCC[C@H]([NH2+][C@H](CCC(=O)[O-])C(=O)[O-])C(=O)[O-]. The summed E-state index contributed by atoms with van der Waals surface area (Å²) in [5.74, 6) is -4.41. The van der Waals surface area contributed by atoms with Gasteiger partial charge in [0.1, 0.15) is 12.1 Å². The number of carboxylic acid groups (broad SMARTS) is 3. The van der Waals surface area contributed by atoms with E-state index in [9.17, 15) is 29.7 Å². The number of carbonyl (C=O) groups excluding carboxylic acids is 3. The zero-order chi connectivity index (χ0) is 16.4. The van der Waals surface area contributed by atoms with E-state index in [0.717, 1.165) is 5.32 Å². The molecule has 0 aliphatic carbocycles. The summed E-state index contributed by atoms with van der Waals surface area (Å²) in [7, 11) is 0. The minimum absolute atomic E-state index is 0.00875. The second-order valence-corrected chi connectivity index (χ2v) is 4.48. The first-order valence-corrected chi connectivity index (χ1v) is 6.32. The molecule has 120 valence electrons. The van der Waals surface area contributed by atoms with Crippen molar-refractivity contribution in [2.75, 3.05) is 6.54 Å². The topological polar surface area (TPSA) is 203 Å². The lowest BCUT2D eigenvalue weighted by molar-refractivity contribution is -0.710. The highest BCUT2D eigenvalue weighted by atomic mass is 16.4. The Bertz CT molecular complexity index is 408. The summed E-state index contributed by atoms with van der Waals surface area (Å²) in [5, 5.41) is 33.2. The van der Waals surface area contributed by atoms with Crippen LogP contribution in [0.25, 0.3) is 0 Å². The summed E-state index contributed by atoms with van der Waals surface area (Å²) in [6, 6.07) is -2.44. The van der Waals surface area contributed by atoms with E-state index in [1.54, 1.807) is 0 Å². The van der Waals surface area contributed by atoms with E-state index in [-0.39, 0.29) is 18.8 Å². The number of carbonyl (C=O) groups is 3. The van der Waals surface area contributed by atoms with Crippen molar-refractivity contribution in [3.63, 3.8) is 0 Å². The zero-order valence-corrected chi connectivity index (χ0v) is 11.4. The molecule has 10 heteroatoms. The molecule has 0 spiro atoms. The highest BCUT2D eigenvalue weighted by Crippen LogP contribution is 1.95. The lowest BCUT2D eigenvalue weighted by Crippen LogP contribution is -3.00. The van der Waals surface area contributed by atoms with E-state index >= 15 is 0 Å². The molecule has 0 aromatic carbocycles. The monoisotopic (exact) mass is 303 g/mol. The van der Waals surface area contributed by atoms with E-state index in [4.69, 9.17) is 11.5 Å². The number of aliphatic carboxylic acids is 3. The molecule has 0 saturated heterocycles. The Morgan fingerprint density at radius 3 is 1.95 bits per heavy atom. The van der Waals surface area contributed by atoms with E-state index in [1.807, 2.05) is 0 Å². The molecule has 0 fully saturated rings. The number of hydrogen-bond acceptors (Lipinski definition) is 6. The molecule has 0 aromatic rings. The van der Waals surface area contributed by atoms with Crippen molar-refractivity contribution in [3.8, 4) is 0 Å². The van der Waals surface area contributed by atoms with Crippen molar-refractivity contribution in [1.29, 1.82) is 0 Å². The standard InChI is InChI=1S/C11H20N4O6/c12-11(13)14-5-1-2-6(9(18)19)15-7(10(20)21)3-4-8(16)17/h6-7,15H,1-5H2,(H,16,17)(H,18,19)(H,20,21)(H4,12,13,14)/p-1/t6-,7+/m0/s1. The van der Waals surface area contributed by atoms with Crippen molar-refractivity contribution < 1.29 is 40.0 Å². The van der Waals surface area contributed by atoms with E-state index in [1.165, 1.54) is 0 Å². The maximum atomic E-state index is 11.0. The molecular weight excluding hydrogens is 284 g/mol. The molecular formula is C11H19N4O6-. The molecule has 0 aromatic heterocycles. The summed E-state index contributed by atoms with van der Waals surface area (Å²) in [6.07, 6.45) is -0.351. The average molecular weight is 303 g/mol. The fourth-order valence-electron chi connectivity index (χ4n) is 1.69. The Morgan fingerprint density at radius 2 is 1.52 bits per heavy atom. The minimum Gasteiger partial charge on any atom is -0.550 e. The number of quaternary nitrogens is 1. The van der Waals surface area contributed by atoms with Gasteiger partial charge in [-0.1, -0.05) is 0 Å². The van der Waals surface area contributed by atoms with Crippen LogP contribution in [0.15, 0.2) is 0 Å². The molecule has 0 bridgehead atoms. The van der Waals surface area contributed by atoms with Gasteiger partial charge in [0.25, 0.3) is 0 Å². The Labute approximate surface area is 120 Å². The van der Waals surface area contributed by atoms with Crippen LogP contribution >= 0.6 is 0 Å². The Kier molecular flexibility index (Phi) is 8.46. The van der Waals surface area contributed by atoms with Crippen LogP contribution in [0.2, 0.25) is 0 Å². The largest absolute Gasteiger partial charge is 0.550 e. The van der Waals surface area contributed by atoms with Gasteiger partial charge in [0.05, 0.1) is 18.5 Å². The van der Waals surface area contributed by atoms with Gasteiger partial charge in [-0.05, 0) is 12.8 Å². The molecule has 2 atom stereocenters. The summed E-state index contributed by atoms with van der Waals surface area (Å²) >= 11 is 0. The lowest BCUT2D eigenvalue weighted by atomic mass is 10.1. The van der Waals surface area contributed by atoms with Crippen molar-refractivity contribution in [2.24, 2.45) is 11.5 Å². The number of carboxylic acids is 3. The van der Waals surface area contributed by atoms with Crippen LogP contribution in [0.1, 0.15) is 25.7 Å². The number of rotatable bonds is 11. The molecule has 0 rings (SSSR count). The number of nitrogens with one attached hydrogen (secondary N) is 1. The molecule has 0 heterocycles. The van der Waals surface area contributed by atoms with Gasteiger partial charge in [-0.15, -0.1) is 0 Å². The van der Waals surface area contributed by atoms with Crippen LogP contribution in [0.5, 0.6) is 0 Å². The first-order valence-electron chi connectivity index (χ1n) is 6.32. The maximum absolute atomic E-state index is 11.0. The van der Waals surface area contributed by atoms with Crippen molar-refractivity contribution in [2.45, 2.75) is 37.8 Å². The lowest BCUT2D eigenvalue weighted by Gasteiger charge is -2.23. The molecule has 0 amide bonds. The second kappa shape index (κ2) is 9.53. The fraction of sp³-hybridized carbons (Fsp3) is 0.636. The normalized spacial score (nSPS) is 13.1. The third kappa shape index (κ3) is 9.21. The summed E-state index contributed by atoms with van der Waals surface area (Å²) in [5.41, 5.74) is 10.3. The van der Waals surface area contributed by atoms with Crippen LogP contribution in [-0.4, -0.2) is 42.5 Å². The first kappa shape index (κ1) is 18.6. The second-order valence-electron chi connectivity index (χ2n) is 4.48. The highest BCUT2D eigenvalue weighted by Gasteiger charge is 2.21. The molecule has 10 nitrogen and oxygen atoms in total. The van der Waals surface area contributed by atoms with Gasteiger partial charge in [0.15, 0.2) is 0 Å². The maximum Gasteiger partial charge on any atom is 0.338 e. The summed E-state index contributed by atoms with van der Waals surface area (Å²) in [4.78, 5) is 34.7. The van der Waals surface area contributed by atoms with Gasteiger partial charge in [-0.2, -0.15) is 0 Å². The van der Waals surface area contributed by atoms with E-state index in [0.29, 0.717) is 13.0 Å². The quantitative estimate of drug-likeness (QED) is 0.163. The van der Waals surface area contributed by atoms with Crippen LogP contribution in [0, 0.1) is 0 Å². The predicted molar refractivity (Wildman–Crippen MR) is 62.2 cm³/mol. The van der Waals surface area contributed by atoms with Crippen molar-refractivity contribution in [1.82, 2.24) is 0 Å². The smallest absolute Gasteiger partial charge is 0.338 e. The van der Waals surface area contributed by atoms with Gasteiger partial charge in [-0.3, -0.25) is 16.5 Å². The zero-order valence-electron chi connectivity index (χ0n) is 11.4. The molecule has 0 radical (unpaired) electrons. The molecule has 0 aliphatic heterocycles. The number of nitrogens with two attached hydrogens (primary N) is 3. The van der Waals surface area contributed by atoms with Gasteiger partial charge in [0, 0.05) is 18.8 Å². The Balaban J connectivity index is 4.49. The fourth-order valence-corrected chi connectivity index (χ4v) is 1.69. The number of hydrogen-bond donors (Lipinski definition) is 4. The first-order chi connectivity index (χ1) is 9.73. The van der Waals surface area contributed by atoms with Gasteiger partial charge < -0.3 is 35.0 Å². The van der Waals surface area contributed by atoms with Gasteiger partial charge in [-0.25, -0.2) is 0 Å². The molecule has 0 unspecified atom stereocenters. The van der Waals surface area contributed by atoms with Gasteiger partial charge in [0.2, 0.25) is 0 Å². The van der Waals surface area contributed by atoms with E-state index in [2.05, 4.69) is 4.99 Å². The predicted octanol–water partition coefficient (Wildman–Crippen LogP) is -8.55. The Hall–Kier alpha value is -2.36. The Morgan fingerprint density at radius 1 is 1.00 bits per heavy atom. The molecule has 7 N–H and O–H groups in total. The van der Waals surface area contributed by atoms with Crippen LogP contribution in [0.3, 0.4) is 0 Å². The molecule has 0 saturated carbocycles. The van der Waals surface area contributed by atoms with Gasteiger partial charge >= 0.3 is 5.96 Å². The van der Waals surface area contributed by atoms with Crippen molar-refractivity contribution in [3.05, 3.63) is 0 Å². The minimum atomic E-state index is -1.54. The summed E-state index contributed by atoms with van der Waals surface area (Å²) in [6.45, 7) is 0.314. The molecule has 0 aliphatic rings. The highest BCUT2D eigenvalue weighted by molar-refractivity contribution is 5.73. The number of guanidine groups is 1. The van der Waals surface area contributed by atoms with Crippen LogP contribution in [0.4, 0.5) is 0 Å². The third-order valence-corrected chi connectivity index (χ3v) is 2.75. The molecule has 21 heavy (non-hydrogen) atoms. The average Bonchev–Trinajstić information content (AvgIpc) is 2.35. The van der Waals surface area contributed by atoms with Crippen LogP contribution < -0.4 is 37.1 Å². The van der Waals surface area contributed by atoms with Crippen molar-refractivity contribution >= 4 is 23.9 Å². The summed E-state index contributed by atoms with van der Waals surface area (Å²) < 4.78 is 0. The van der Waals surface area contributed by atoms with Crippen LogP contribution in [-0.2, 0) is 14.4 Å². The third-order valence-electron chi connectivity index (χ3n) is 2.75. The van der Waals surface area contributed by atoms with E-state index < -0.39 is 36.4 Å².